The molecule has 2 heterocycles. The summed E-state index contributed by atoms with van der Waals surface area (Å²) in [6.45, 7) is 7.53. The van der Waals surface area contributed by atoms with E-state index in [4.69, 9.17) is 4.74 Å². The van der Waals surface area contributed by atoms with Crippen molar-refractivity contribution in [2.24, 2.45) is 11.8 Å². The smallest absolute Gasteiger partial charge is 0.246 e. The van der Waals surface area contributed by atoms with Crippen LogP contribution in [0.4, 0.5) is 0 Å². The first-order chi connectivity index (χ1) is 8.50. The van der Waals surface area contributed by atoms with Crippen molar-refractivity contribution in [3.8, 4) is 0 Å². The second-order valence-electron chi connectivity index (χ2n) is 5.66. The molecule has 5 heteroatoms. The minimum absolute atomic E-state index is 0.0491. The van der Waals surface area contributed by atoms with E-state index in [1.54, 1.807) is 4.90 Å². The molecule has 2 amide bonds. The van der Waals surface area contributed by atoms with Crippen molar-refractivity contribution in [3.63, 3.8) is 0 Å². The minimum atomic E-state index is -0.374. The Morgan fingerprint density at radius 2 is 2.11 bits per heavy atom. The molecule has 1 N–H and O–H groups in total. The van der Waals surface area contributed by atoms with Gasteiger partial charge >= 0.3 is 0 Å². The van der Waals surface area contributed by atoms with Gasteiger partial charge in [0.15, 0.2) is 0 Å². The molecule has 0 aliphatic carbocycles. The second kappa shape index (κ2) is 5.26. The Labute approximate surface area is 108 Å². The fourth-order valence-corrected chi connectivity index (χ4v) is 2.76. The third-order valence-corrected chi connectivity index (χ3v) is 3.84. The Kier molecular flexibility index (Phi) is 3.90. The molecule has 0 saturated carbocycles. The molecule has 2 saturated heterocycles. The standard InChI is InChI=1S/C13H22N2O3/c1-8(2)12-13(17)15(6-11(16)14-12)10-4-5-18-7-9(10)3/h8-10,12H,4-7H2,1-3H3,(H,14,16). The highest BCUT2D eigenvalue weighted by Crippen LogP contribution is 2.23. The van der Waals surface area contributed by atoms with Crippen molar-refractivity contribution in [1.29, 1.82) is 0 Å². The molecule has 18 heavy (non-hydrogen) atoms. The number of ether oxygens (including phenoxy) is 1. The molecular formula is C13H22N2O3. The normalized spacial score (nSPS) is 33.8. The fraction of sp³-hybridized carbons (Fsp3) is 0.846. The predicted molar refractivity (Wildman–Crippen MR) is 66.9 cm³/mol. The van der Waals surface area contributed by atoms with Gasteiger partial charge in [-0.05, 0) is 12.3 Å². The average Bonchev–Trinajstić information content (AvgIpc) is 2.32. The van der Waals surface area contributed by atoms with E-state index in [2.05, 4.69) is 12.2 Å². The largest absolute Gasteiger partial charge is 0.381 e. The summed E-state index contributed by atoms with van der Waals surface area (Å²) in [5, 5.41) is 2.79. The molecule has 2 rings (SSSR count). The SMILES string of the molecule is CC(C)C1NC(=O)CN(C2CCOCC2C)C1=O. The Bertz CT molecular complexity index is 343. The number of carbonyl (C=O) groups is 2. The van der Waals surface area contributed by atoms with Crippen LogP contribution in [-0.2, 0) is 14.3 Å². The lowest BCUT2D eigenvalue weighted by molar-refractivity contribution is -0.151. The zero-order chi connectivity index (χ0) is 13.3. The Balaban J connectivity index is 2.15. The van der Waals surface area contributed by atoms with E-state index in [1.165, 1.54) is 0 Å². The van der Waals surface area contributed by atoms with Gasteiger partial charge < -0.3 is 15.0 Å². The van der Waals surface area contributed by atoms with Crippen molar-refractivity contribution in [3.05, 3.63) is 0 Å². The molecule has 3 unspecified atom stereocenters. The molecule has 0 radical (unpaired) electrons. The van der Waals surface area contributed by atoms with Gasteiger partial charge in [0.25, 0.3) is 0 Å². The van der Waals surface area contributed by atoms with Crippen LogP contribution in [0.5, 0.6) is 0 Å². The number of nitrogens with zero attached hydrogens (tertiary/aromatic N) is 1. The molecule has 2 aliphatic heterocycles. The Hall–Kier alpha value is -1.10. The van der Waals surface area contributed by atoms with E-state index in [0.29, 0.717) is 19.1 Å². The Morgan fingerprint density at radius 3 is 2.72 bits per heavy atom. The van der Waals surface area contributed by atoms with Gasteiger partial charge in [0.2, 0.25) is 11.8 Å². The molecule has 0 spiro atoms. The van der Waals surface area contributed by atoms with E-state index in [0.717, 1.165) is 6.42 Å². The quantitative estimate of drug-likeness (QED) is 0.775. The monoisotopic (exact) mass is 254 g/mol. The van der Waals surface area contributed by atoms with E-state index in [9.17, 15) is 9.59 Å². The van der Waals surface area contributed by atoms with Crippen LogP contribution in [0.1, 0.15) is 27.2 Å². The summed E-state index contributed by atoms with van der Waals surface area (Å²) < 4.78 is 5.40. The van der Waals surface area contributed by atoms with E-state index in [-0.39, 0.29) is 36.4 Å². The summed E-state index contributed by atoms with van der Waals surface area (Å²) >= 11 is 0. The minimum Gasteiger partial charge on any atom is -0.381 e. The lowest BCUT2D eigenvalue weighted by Crippen LogP contribution is -2.63. The van der Waals surface area contributed by atoms with E-state index >= 15 is 0 Å². The van der Waals surface area contributed by atoms with Gasteiger partial charge in [0.1, 0.15) is 6.04 Å². The van der Waals surface area contributed by atoms with Crippen LogP contribution in [-0.4, -0.2) is 48.6 Å². The first kappa shape index (κ1) is 13.3. The lowest BCUT2D eigenvalue weighted by atomic mass is 9.92. The van der Waals surface area contributed by atoms with Gasteiger partial charge in [-0.3, -0.25) is 9.59 Å². The van der Waals surface area contributed by atoms with Crippen molar-refractivity contribution >= 4 is 11.8 Å². The van der Waals surface area contributed by atoms with E-state index in [1.807, 2.05) is 13.8 Å². The maximum atomic E-state index is 12.4. The number of piperazine rings is 1. The topological polar surface area (TPSA) is 58.6 Å². The lowest BCUT2D eigenvalue weighted by Gasteiger charge is -2.43. The second-order valence-corrected chi connectivity index (χ2v) is 5.66. The number of nitrogens with one attached hydrogen (secondary N) is 1. The third kappa shape index (κ3) is 2.51. The highest BCUT2D eigenvalue weighted by atomic mass is 16.5. The predicted octanol–water partition coefficient (Wildman–Crippen LogP) is 0.394. The van der Waals surface area contributed by atoms with Gasteiger partial charge in [-0.25, -0.2) is 0 Å². The van der Waals surface area contributed by atoms with Crippen LogP contribution < -0.4 is 5.32 Å². The van der Waals surface area contributed by atoms with Crippen molar-refractivity contribution in [2.75, 3.05) is 19.8 Å². The first-order valence-corrected chi connectivity index (χ1v) is 6.68. The van der Waals surface area contributed by atoms with Crippen LogP contribution in [0.2, 0.25) is 0 Å². The third-order valence-electron chi connectivity index (χ3n) is 3.84. The van der Waals surface area contributed by atoms with Gasteiger partial charge in [-0.1, -0.05) is 20.8 Å². The maximum Gasteiger partial charge on any atom is 0.246 e. The highest BCUT2D eigenvalue weighted by Gasteiger charge is 2.40. The number of hydrogen-bond donors (Lipinski definition) is 1. The summed E-state index contributed by atoms with van der Waals surface area (Å²) in [7, 11) is 0. The Morgan fingerprint density at radius 1 is 1.39 bits per heavy atom. The zero-order valence-corrected chi connectivity index (χ0v) is 11.3. The number of hydrogen-bond acceptors (Lipinski definition) is 3. The molecular weight excluding hydrogens is 232 g/mol. The average molecular weight is 254 g/mol. The zero-order valence-electron chi connectivity index (χ0n) is 11.3. The number of rotatable bonds is 2. The molecule has 0 aromatic rings. The number of amides is 2. The van der Waals surface area contributed by atoms with Crippen LogP contribution in [0.25, 0.3) is 0 Å². The maximum absolute atomic E-state index is 12.4. The molecule has 2 aliphatic rings. The molecule has 2 fully saturated rings. The summed E-state index contributed by atoms with van der Waals surface area (Å²) in [5.41, 5.74) is 0. The molecule has 5 nitrogen and oxygen atoms in total. The summed E-state index contributed by atoms with van der Waals surface area (Å²) in [6, 6.07) is -0.236. The van der Waals surface area contributed by atoms with Crippen molar-refractivity contribution in [1.82, 2.24) is 10.2 Å². The molecule has 0 aromatic carbocycles. The van der Waals surface area contributed by atoms with Crippen LogP contribution >= 0.6 is 0 Å². The van der Waals surface area contributed by atoms with Gasteiger partial charge in [0.05, 0.1) is 13.2 Å². The van der Waals surface area contributed by atoms with Crippen LogP contribution in [0.3, 0.4) is 0 Å². The fourth-order valence-electron chi connectivity index (χ4n) is 2.76. The van der Waals surface area contributed by atoms with Gasteiger partial charge in [-0.2, -0.15) is 0 Å². The highest BCUT2D eigenvalue weighted by molar-refractivity contribution is 5.95. The van der Waals surface area contributed by atoms with Gasteiger partial charge in [-0.15, -0.1) is 0 Å². The summed E-state index contributed by atoms with van der Waals surface area (Å²) in [5.74, 6) is 0.427. The van der Waals surface area contributed by atoms with Crippen LogP contribution in [0, 0.1) is 11.8 Å². The van der Waals surface area contributed by atoms with Crippen molar-refractivity contribution in [2.45, 2.75) is 39.3 Å². The summed E-state index contributed by atoms with van der Waals surface area (Å²) in [4.78, 5) is 25.9. The van der Waals surface area contributed by atoms with Crippen molar-refractivity contribution < 1.29 is 14.3 Å². The summed E-state index contributed by atoms with van der Waals surface area (Å²) in [6.07, 6.45) is 0.824. The number of carbonyl (C=O) groups excluding carboxylic acids is 2. The van der Waals surface area contributed by atoms with Crippen LogP contribution in [0.15, 0.2) is 0 Å². The van der Waals surface area contributed by atoms with E-state index < -0.39 is 0 Å². The first-order valence-electron chi connectivity index (χ1n) is 6.68. The molecule has 102 valence electrons. The molecule has 0 bridgehead atoms. The van der Waals surface area contributed by atoms with Gasteiger partial charge in [0, 0.05) is 18.6 Å². The molecule has 3 atom stereocenters. The molecule has 0 aromatic heterocycles.